The first-order valence-corrected chi connectivity index (χ1v) is 9.55. The maximum absolute atomic E-state index is 4.88. The van der Waals surface area contributed by atoms with Gasteiger partial charge in [0.15, 0.2) is 0 Å². The molecule has 2 atom stereocenters. The molecule has 5 rings (SSSR count). The van der Waals surface area contributed by atoms with Crippen LogP contribution < -0.4 is 4.90 Å². The number of imidazole rings is 1. The zero-order chi connectivity index (χ0) is 16.8. The second-order valence-corrected chi connectivity index (χ2v) is 7.95. The molecule has 2 fully saturated rings. The first-order chi connectivity index (χ1) is 12.3. The van der Waals surface area contributed by atoms with Crippen LogP contribution in [0.1, 0.15) is 29.9 Å². The molecule has 132 valence electrons. The minimum Gasteiger partial charge on any atom is -0.356 e. The van der Waals surface area contributed by atoms with Crippen LogP contribution in [0.25, 0.3) is 0 Å². The molecule has 3 aliphatic heterocycles. The van der Waals surface area contributed by atoms with E-state index in [2.05, 4.69) is 37.5 Å². The summed E-state index contributed by atoms with van der Waals surface area (Å²) in [6.07, 6.45) is 9.63. The minimum atomic E-state index is 0.756. The number of aromatic nitrogens is 4. The monoisotopic (exact) mass is 338 g/mol. The minimum absolute atomic E-state index is 0.756. The molecule has 0 bridgehead atoms. The Morgan fingerprint density at radius 3 is 2.72 bits per heavy atom. The third-order valence-electron chi connectivity index (χ3n) is 6.07. The lowest BCUT2D eigenvalue weighted by molar-refractivity contribution is 0.305. The Morgan fingerprint density at radius 2 is 1.96 bits per heavy atom. The van der Waals surface area contributed by atoms with Gasteiger partial charge in [-0.05, 0) is 31.6 Å². The lowest BCUT2D eigenvalue weighted by Gasteiger charge is -2.22. The van der Waals surface area contributed by atoms with Gasteiger partial charge >= 0.3 is 0 Å². The van der Waals surface area contributed by atoms with Crippen molar-refractivity contribution in [1.82, 2.24) is 24.4 Å². The fourth-order valence-corrected chi connectivity index (χ4v) is 4.89. The lowest BCUT2D eigenvalue weighted by Crippen LogP contribution is -2.29. The highest BCUT2D eigenvalue weighted by atomic mass is 15.3. The summed E-state index contributed by atoms with van der Waals surface area (Å²) in [6, 6.07) is 0. The average Bonchev–Trinajstić information content (AvgIpc) is 3.27. The van der Waals surface area contributed by atoms with E-state index >= 15 is 0 Å². The van der Waals surface area contributed by atoms with Crippen molar-refractivity contribution < 1.29 is 0 Å². The zero-order valence-electron chi connectivity index (χ0n) is 14.9. The van der Waals surface area contributed by atoms with E-state index in [1.807, 2.05) is 6.20 Å². The molecule has 2 aromatic rings. The molecule has 0 aliphatic carbocycles. The van der Waals surface area contributed by atoms with Crippen LogP contribution in [0.5, 0.6) is 0 Å². The fraction of sp³-hybridized carbons (Fsp3) is 0.632. The molecule has 0 saturated carbocycles. The van der Waals surface area contributed by atoms with Crippen molar-refractivity contribution >= 4 is 5.82 Å². The van der Waals surface area contributed by atoms with Crippen molar-refractivity contribution in [3.8, 4) is 0 Å². The van der Waals surface area contributed by atoms with Gasteiger partial charge in [-0.15, -0.1) is 0 Å². The van der Waals surface area contributed by atoms with Crippen LogP contribution in [0.4, 0.5) is 5.82 Å². The number of hydrogen-bond acceptors (Lipinski definition) is 5. The Kier molecular flexibility index (Phi) is 3.73. The lowest BCUT2D eigenvalue weighted by atomic mass is 10.0. The zero-order valence-corrected chi connectivity index (χ0v) is 14.9. The molecular weight excluding hydrogens is 312 g/mol. The topological polar surface area (TPSA) is 50.1 Å². The third-order valence-corrected chi connectivity index (χ3v) is 6.07. The molecule has 0 amide bonds. The molecule has 2 saturated heterocycles. The van der Waals surface area contributed by atoms with Gasteiger partial charge in [0.05, 0.1) is 5.69 Å². The Balaban J connectivity index is 1.22. The maximum atomic E-state index is 4.88. The highest BCUT2D eigenvalue weighted by Crippen LogP contribution is 2.34. The molecule has 6 heteroatoms. The number of fused-ring (bicyclic) bond motifs is 2. The summed E-state index contributed by atoms with van der Waals surface area (Å²) < 4.78 is 2.37. The number of hydrogen-bond donors (Lipinski definition) is 0. The van der Waals surface area contributed by atoms with Crippen molar-refractivity contribution in [2.75, 3.05) is 31.1 Å². The van der Waals surface area contributed by atoms with E-state index in [-0.39, 0.29) is 0 Å². The highest BCUT2D eigenvalue weighted by molar-refractivity contribution is 5.46. The predicted molar refractivity (Wildman–Crippen MR) is 96.4 cm³/mol. The van der Waals surface area contributed by atoms with Crippen LogP contribution in [0, 0.1) is 18.8 Å². The van der Waals surface area contributed by atoms with Crippen molar-refractivity contribution in [3.05, 3.63) is 35.8 Å². The quantitative estimate of drug-likeness (QED) is 0.855. The molecule has 0 radical (unpaired) electrons. The average molecular weight is 338 g/mol. The Bertz CT molecular complexity index is 732. The molecule has 0 N–H and O–H groups in total. The van der Waals surface area contributed by atoms with Gasteiger partial charge in [0, 0.05) is 63.6 Å². The normalized spacial score (nSPS) is 26.0. The first-order valence-electron chi connectivity index (χ1n) is 9.55. The fourth-order valence-electron chi connectivity index (χ4n) is 4.89. The highest BCUT2D eigenvalue weighted by Gasteiger charge is 2.40. The Hall–Kier alpha value is -1.95. The molecule has 3 aliphatic rings. The summed E-state index contributed by atoms with van der Waals surface area (Å²) in [5.41, 5.74) is 2.45. The second kappa shape index (κ2) is 6.09. The van der Waals surface area contributed by atoms with Crippen molar-refractivity contribution in [3.63, 3.8) is 0 Å². The smallest absolute Gasteiger partial charge is 0.134 e. The number of nitrogens with zero attached hydrogens (tertiary/aromatic N) is 6. The largest absolute Gasteiger partial charge is 0.356 e. The molecule has 0 spiro atoms. The predicted octanol–water partition coefficient (Wildman–Crippen LogP) is 1.89. The summed E-state index contributed by atoms with van der Waals surface area (Å²) in [5, 5.41) is 0. The number of aryl methyl sites for hydroxylation is 3. The molecular formula is C19H26N6. The standard InChI is InChI=1S/C19H26N6/c1-14-6-20-13-21-19(14)25-9-15-7-23(8-16(15)10-25)11-17-12-24-5-3-2-4-18(24)22-17/h6,12-13,15-16H,2-5,7-11H2,1H3. The van der Waals surface area contributed by atoms with Crippen LogP contribution in [0.2, 0.25) is 0 Å². The summed E-state index contributed by atoms with van der Waals surface area (Å²) in [5.74, 6) is 3.93. The van der Waals surface area contributed by atoms with E-state index in [0.717, 1.165) is 50.3 Å². The van der Waals surface area contributed by atoms with Gasteiger partial charge in [-0.1, -0.05) is 0 Å². The Morgan fingerprint density at radius 1 is 1.12 bits per heavy atom. The third kappa shape index (κ3) is 2.82. The van der Waals surface area contributed by atoms with Gasteiger partial charge in [-0.2, -0.15) is 0 Å². The van der Waals surface area contributed by atoms with Gasteiger partial charge in [-0.25, -0.2) is 15.0 Å². The maximum Gasteiger partial charge on any atom is 0.134 e. The van der Waals surface area contributed by atoms with Crippen molar-refractivity contribution in [2.24, 2.45) is 11.8 Å². The van der Waals surface area contributed by atoms with Crippen LogP contribution in [-0.2, 0) is 19.5 Å². The number of anilines is 1. The van der Waals surface area contributed by atoms with Crippen LogP contribution in [0.3, 0.4) is 0 Å². The Labute approximate surface area is 148 Å². The summed E-state index contributed by atoms with van der Waals surface area (Å²) >= 11 is 0. The molecule has 25 heavy (non-hydrogen) atoms. The molecule has 0 aromatic carbocycles. The van der Waals surface area contributed by atoms with E-state index < -0.39 is 0 Å². The van der Waals surface area contributed by atoms with Gasteiger partial charge in [-0.3, -0.25) is 4.90 Å². The summed E-state index contributed by atoms with van der Waals surface area (Å²) in [7, 11) is 0. The SMILES string of the molecule is Cc1cncnc1N1CC2CN(Cc3cn4c(n3)CCCC4)CC2C1. The van der Waals surface area contributed by atoms with Crippen molar-refractivity contribution in [1.29, 1.82) is 0 Å². The first kappa shape index (κ1) is 15.3. The number of rotatable bonds is 3. The van der Waals surface area contributed by atoms with Crippen LogP contribution in [-0.4, -0.2) is 50.6 Å². The van der Waals surface area contributed by atoms with E-state index in [1.165, 1.54) is 43.0 Å². The molecule has 5 heterocycles. The molecule has 2 unspecified atom stereocenters. The van der Waals surface area contributed by atoms with Gasteiger partial charge < -0.3 is 9.47 Å². The molecule has 2 aromatic heterocycles. The van der Waals surface area contributed by atoms with Crippen LogP contribution in [0.15, 0.2) is 18.7 Å². The van der Waals surface area contributed by atoms with E-state index in [1.54, 1.807) is 6.33 Å². The van der Waals surface area contributed by atoms with Crippen molar-refractivity contribution in [2.45, 2.75) is 39.3 Å². The van der Waals surface area contributed by atoms with Crippen LogP contribution >= 0.6 is 0 Å². The van der Waals surface area contributed by atoms with Gasteiger partial charge in [0.1, 0.15) is 18.0 Å². The van der Waals surface area contributed by atoms with E-state index in [0.29, 0.717) is 0 Å². The van der Waals surface area contributed by atoms with Gasteiger partial charge in [0.25, 0.3) is 0 Å². The van der Waals surface area contributed by atoms with Gasteiger partial charge in [0.2, 0.25) is 0 Å². The summed E-state index contributed by atoms with van der Waals surface area (Å²) in [6.45, 7) is 8.90. The van der Waals surface area contributed by atoms with E-state index in [9.17, 15) is 0 Å². The summed E-state index contributed by atoms with van der Waals surface area (Å²) in [4.78, 5) is 18.6. The van der Waals surface area contributed by atoms with E-state index in [4.69, 9.17) is 4.98 Å². The molecule has 6 nitrogen and oxygen atoms in total. The second-order valence-electron chi connectivity index (χ2n) is 7.95. The number of likely N-dealkylation sites (tertiary alicyclic amines) is 1.